The molecule has 1 atom stereocenters. The van der Waals surface area contributed by atoms with Crippen LogP contribution >= 0.6 is 11.6 Å². The SMILES string of the molecule is CN(CC1CCN(c2cnccc2Cl)C1)C(=O)OC(C)(C)C. The Morgan fingerprint density at radius 2 is 2.27 bits per heavy atom. The molecule has 0 saturated carbocycles. The zero-order chi connectivity index (χ0) is 16.3. The Balaban J connectivity index is 1.89. The summed E-state index contributed by atoms with van der Waals surface area (Å²) in [6.45, 7) is 8.11. The number of pyridine rings is 1. The monoisotopic (exact) mass is 325 g/mol. The average Bonchev–Trinajstić information content (AvgIpc) is 2.85. The number of carbonyl (C=O) groups is 1. The molecule has 122 valence electrons. The molecule has 1 aromatic rings. The highest BCUT2D eigenvalue weighted by Gasteiger charge is 2.27. The normalized spacial score (nSPS) is 18.4. The zero-order valence-corrected chi connectivity index (χ0v) is 14.4. The molecule has 5 nitrogen and oxygen atoms in total. The van der Waals surface area contributed by atoms with Gasteiger partial charge in [-0.15, -0.1) is 0 Å². The molecule has 1 amide bonds. The van der Waals surface area contributed by atoms with Gasteiger partial charge in [0.1, 0.15) is 5.60 Å². The maximum atomic E-state index is 12.0. The summed E-state index contributed by atoms with van der Waals surface area (Å²) in [5.41, 5.74) is 0.502. The second kappa shape index (κ2) is 6.73. The average molecular weight is 326 g/mol. The lowest BCUT2D eigenvalue weighted by Gasteiger charge is -2.26. The minimum atomic E-state index is -0.462. The molecule has 0 bridgehead atoms. The topological polar surface area (TPSA) is 45.7 Å². The van der Waals surface area contributed by atoms with E-state index in [4.69, 9.17) is 16.3 Å². The fourth-order valence-electron chi connectivity index (χ4n) is 2.60. The summed E-state index contributed by atoms with van der Waals surface area (Å²) in [7, 11) is 1.79. The third kappa shape index (κ3) is 4.50. The first-order valence-electron chi connectivity index (χ1n) is 7.55. The summed E-state index contributed by atoms with van der Waals surface area (Å²) in [5.74, 6) is 0.411. The number of aromatic nitrogens is 1. The molecule has 1 aliphatic rings. The molecule has 2 heterocycles. The number of nitrogens with zero attached hydrogens (tertiary/aromatic N) is 3. The van der Waals surface area contributed by atoms with E-state index in [1.807, 2.05) is 20.8 Å². The van der Waals surface area contributed by atoms with Crippen LogP contribution in [-0.2, 0) is 4.74 Å². The van der Waals surface area contributed by atoms with Gasteiger partial charge in [-0.25, -0.2) is 4.79 Å². The van der Waals surface area contributed by atoms with E-state index in [0.29, 0.717) is 12.5 Å². The molecule has 0 aliphatic carbocycles. The molecule has 1 fully saturated rings. The van der Waals surface area contributed by atoms with Crippen molar-refractivity contribution in [3.8, 4) is 0 Å². The fraction of sp³-hybridized carbons (Fsp3) is 0.625. The maximum absolute atomic E-state index is 12.0. The third-order valence-electron chi connectivity index (χ3n) is 3.61. The first-order chi connectivity index (χ1) is 10.3. The lowest BCUT2D eigenvalue weighted by atomic mass is 10.1. The van der Waals surface area contributed by atoms with E-state index in [1.54, 1.807) is 30.4 Å². The summed E-state index contributed by atoms with van der Waals surface area (Å²) in [6, 6.07) is 1.80. The van der Waals surface area contributed by atoms with Crippen LogP contribution in [0.3, 0.4) is 0 Å². The van der Waals surface area contributed by atoms with Crippen molar-refractivity contribution < 1.29 is 9.53 Å². The number of halogens is 1. The largest absolute Gasteiger partial charge is 0.444 e. The van der Waals surface area contributed by atoms with Gasteiger partial charge in [0.15, 0.2) is 0 Å². The Morgan fingerprint density at radius 1 is 1.55 bits per heavy atom. The van der Waals surface area contributed by atoms with Crippen molar-refractivity contribution >= 4 is 23.4 Å². The fourth-order valence-corrected chi connectivity index (χ4v) is 2.83. The van der Waals surface area contributed by atoms with Gasteiger partial charge in [-0.05, 0) is 39.2 Å². The standard InChI is InChI=1S/C16H24ClN3O2/c1-16(2,3)22-15(21)19(4)10-12-6-8-20(11-12)14-9-18-7-5-13(14)17/h5,7,9,12H,6,8,10-11H2,1-4H3. The molecule has 6 heteroatoms. The molecular weight excluding hydrogens is 302 g/mol. The van der Waals surface area contributed by atoms with E-state index in [0.717, 1.165) is 30.2 Å². The van der Waals surface area contributed by atoms with Gasteiger partial charge < -0.3 is 14.5 Å². The van der Waals surface area contributed by atoms with E-state index in [2.05, 4.69) is 9.88 Å². The van der Waals surface area contributed by atoms with Gasteiger partial charge in [-0.2, -0.15) is 0 Å². The van der Waals surface area contributed by atoms with Gasteiger partial charge >= 0.3 is 6.09 Å². The number of hydrogen-bond acceptors (Lipinski definition) is 4. The molecule has 0 spiro atoms. The van der Waals surface area contributed by atoms with Gasteiger partial charge in [0.05, 0.1) is 16.9 Å². The lowest BCUT2D eigenvalue weighted by Crippen LogP contribution is -2.37. The predicted octanol–water partition coefficient (Wildman–Crippen LogP) is 3.43. The van der Waals surface area contributed by atoms with Gasteiger partial charge in [0.25, 0.3) is 0 Å². The summed E-state index contributed by atoms with van der Waals surface area (Å²) in [4.78, 5) is 20.0. The van der Waals surface area contributed by atoms with Crippen molar-refractivity contribution in [3.63, 3.8) is 0 Å². The highest BCUT2D eigenvalue weighted by Crippen LogP contribution is 2.29. The van der Waals surface area contributed by atoms with Gasteiger partial charge in [-0.3, -0.25) is 4.98 Å². The van der Waals surface area contributed by atoms with Gasteiger partial charge in [-0.1, -0.05) is 11.6 Å². The van der Waals surface area contributed by atoms with Crippen LogP contribution in [0.1, 0.15) is 27.2 Å². The minimum Gasteiger partial charge on any atom is -0.444 e. The summed E-state index contributed by atoms with van der Waals surface area (Å²) in [5, 5.41) is 0.719. The smallest absolute Gasteiger partial charge is 0.410 e. The number of rotatable bonds is 3. The van der Waals surface area contributed by atoms with Crippen LogP contribution in [0.5, 0.6) is 0 Å². The Morgan fingerprint density at radius 3 is 2.91 bits per heavy atom. The van der Waals surface area contributed by atoms with Crippen molar-refractivity contribution in [2.45, 2.75) is 32.8 Å². The Hall–Kier alpha value is -1.49. The number of ether oxygens (including phenoxy) is 1. The molecule has 1 saturated heterocycles. The summed E-state index contributed by atoms with van der Waals surface area (Å²) >= 11 is 6.21. The number of anilines is 1. The van der Waals surface area contributed by atoms with Gasteiger partial charge in [0, 0.05) is 32.9 Å². The third-order valence-corrected chi connectivity index (χ3v) is 3.93. The van der Waals surface area contributed by atoms with E-state index in [1.165, 1.54) is 0 Å². The van der Waals surface area contributed by atoms with Crippen molar-refractivity contribution in [1.29, 1.82) is 0 Å². The molecule has 0 radical (unpaired) electrons. The minimum absolute atomic E-state index is 0.273. The van der Waals surface area contributed by atoms with Crippen LogP contribution in [0.2, 0.25) is 5.02 Å². The highest BCUT2D eigenvalue weighted by molar-refractivity contribution is 6.33. The lowest BCUT2D eigenvalue weighted by molar-refractivity contribution is 0.0277. The first-order valence-corrected chi connectivity index (χ1v) is 7.92. The first kappa shape index (κ1) is 16.9. The highest BCUT2D eigenvalue weighted by atomic mass is 35.5. The Bertz CT molecular complexity index is 530. The van der Waals surface area contributed by atoms with Crippen LogP contribution < -0.4 is 4.90 Å². The molecule has 2 rings (SSSR count). The van der Waals surface area contributed by atoms with Crippen LogP contribution in [0.4, 0.5) is 10.5 Å². The van der Waals surface area contributed by atoms with Crippen LogP contribution in [0.25, 0.3) is 0 Å². The molecular formula is C16H24ClN3O2. The second-order valence-corrected chi connectivity index (χ2v) is 7.20. The van der Waals surface area contributed by atoms with Crippen LogP contribution in [-0.4, -0.2) is 48.3 Å². The number of hydrogen-bond donors (Lipinski definition) is 0. The number of carbonyl (C=O) groups excluding carboxylic acids is 1. The molecule has 0 N–H and O–H groups in total. The molecule has 22 heavy (non-hydrogen) atoms. The molecule has 0 aromatic carbocycles. The molecule has 1 aliphatic heterocycles. The Kier molecular flexibility index (Phi) is 5.16. The van der Waals surface area contributed by atoms with E-state index in [9.17, 15) is 4.79 Å². The quantitative estimate of drug-likeness (QED) is 0.854. The van der Waals surface area contributed by atoms with Crippen molar-refractivity contribution in [2.24, 2.45) is 5.92 Å². The zero-order valence-electron chi connectivity index (χ0n) is 13.7. The van der Waals surface area contributed by atoms with Crippen LogP contribution in [0.15, 0.2) is 18.5 Å². The van der Waals surface area contributed by atoms with Crippen molar-refractivity contribution in [1.82, 2.24) is 9.88 Å². The summed E-state index contributed by atoms with van der Waals surface area (Å²) in [6.07, 6.45) is 4.24. The van der Waals surface area contributed by atoms with E-state index in [-0.39, 0.29) is 6.09 Å². The summed E-state index contributed by atoms with van der Waals surface area (Å²) < 4.78 is 5.38. The van der Waals surface area contributed by atoms with Crippen molar-refractivity contribution in [2.75, 3.05) is 31.6 Å². The van der Waals surface area contributed by atoms with Crippen LogP contribution in [0, 0.1) is 5.92 Å². The van der Waals surface area contributed by atoms with E-state index >= 15 is 0 Å². The second-order valence-electron chi connectivity index (χ2n) is 6.79. The molecule has 1 aromatic heterocycles. The number of amides is 1. The molecule has 1 unspecified atom stereocenters. The van der Waals surface area contributed by atoms with Crippen molar-refractivity contribution in [3.05, 3.63) is 23.5 Å². The maximum Gasteiger partial charge on any atom is 0.410 e. The Labute approximate surface area is 137 Å². The predicted molar refractivity (Wildman–Crippen MR) is 88.4 cm³/mol. The van der Waals surface area contributed by atoms with E-state index < -0.39 is 5.60 Å². The van der Waals surface area contributed by atoms with Gasteiger partial charge in [0.2, 0.25) is 0 Å².